The van der Waals surface area contributed by atoms with Gasteiger partial charge in [0.2, 0.25) is 0 Å². The lowest BCUT2D eigenvalue weighted by Gasteiger charge is -2.03. The van der Waals surface area contributed by atoms with Crippen molar-refractivity contribution in [2.45, 2.75) is 17.7 Å². The van der Waals surface area contributed by atoms with Crippen molar-refractivity contribution in [3.8, 4) is 0 Å². The van der Waals surface area contributed by atoms with Gasteiger partial charge in [-0.25, -0.2) is 8.42 Å². The van der Waals surface area contributed by atoms with E-state index in [1.165, 1.54) is 5.41 Å². The maximum absolute atomic E-state index is 11.5. The predicted octanol–water partition coefficient (Wildman–Crippen LogP) is 1.37. The number of benzene rings is 1. The van der Waals surface area contributed by atoms with E-state index < -0.39 is 9.84 Å². The molecule has 0 saturated carbocycles. The summed E-state index contributed by atoms with van der Waals surface area (Å²) in [5.41, 5.74) is 1.81. The molecule has 1 heterocycles. The van der Waals surface area contributed by atoms with Crippen molar-refractivity contribution in [1.82, 2.24) is 0 Å². The first kappa shape index (κ1) is 10.4. The highest BCUT2D eigenvalue weighted by atomic mass is 32.2. The van der Waals surface area contributed by atoms with E-state index in [-0.39, 0.29) is 6.61 Å². The van der Waals surface area contributed by atoms with Gasteiger partial charge in [-0.1, -0.05) is 12.1 Å². The summed E-state index contributed by atoms with van der Waals surface area (Å²) >= 11 is 0. The zero-order valence-electron chi connectivity index (χ0n) is 8.18. The Morgan fingerprint density at radius 2 is 2.07 bits per heavy atom. The molecule has 0 spiro atoms. The summed E-state index contributed by atoms with van der Waals surface area (Å²) in [6, 6.07) is 5.31. The van der Waals surface area contributed by atoms with Gasteiger partial charge in [0.15, 0.2) is 9.84 Å². The standard InChI is InChI=1S/C11H12O3S/c12-6-1-2-9-3-4-11-10(8-9)5-7-15(11,13)14/h3-5,7-8,12H,1-2,6H2. The number of fused-ring (bicyclic) bond motifs is 1. The van der Waals surface area contributed by atoms with Gasteiger partial charge < -0.3 is 5.11 Å². The van der Waals surface area contributed by atoms with E-state index in [9.17, 15) is 8.42 Å². The highest BCUT2D eigenvalue weighted by Crippen LogP contribution is 2.27. The molecule has 1 aliphatic heterocycles. The molecule has 2 rings (SSSR count). The fourth-order valence-corrected chi connectivity index (χ4v) is 2.85. The second-order valence-corrected chi connectivity index (χ2v) is 5.35. The molecule has 15 heavy (non-hydrogen) atoms. The van der Waals surface area contributed by atoms with E-state index in [4.69, 9.17) is 5.11 Å². The van der Waals surface area contributed by atoms with Crippen LogP contribution >= 0.6 is 0 Å². The minimum Gasteiger partial charge on any atom is -0.396 e. The smallest absolute Gasteiger partial charge is 0.200 e. The van der Waals surface area contributed by atoms with Crippen LogP contribution in [0.1, 0.15) is 17.5 Å². The molecule has 0 bridgehead atoms. The molecule has 0 aromatic heterocycles. The zero-order valence-corrected chi connectivity index (χ0v) is 9.00. The monoisotopic (exact) mass is 224 g/mol. The van der Waals surface area contributed by atoms with Gasteiger partial charge >= 0.3 is 0 Å². The molecule has 0 amide bonds. The summed E-state index contributed by atoms with van der Waals surface area (Å²) in [4.78, 5) is 0.384. The SMILES string of the molecule is O=S1(=O)C=Cc2cc(CCCO)ccc21. The second-order valence-electron chi connectivity index (χ2n) is 3.55. The van der Waals surface area contributed by atoms with Crippen molar-refractivity contribution < 1.29 is 13.5 Å². The maximum Gasteiger partial charge on any atom is 0.200 e. The van der Waals surface area contributed by atoms with Crippen molar-refractivity contribution in [1.29, 1.82) is 0 Å². The molecule has 3 nitrogen and oxygen atoms in total. The fourth-order valence-electron chi connectivity index (χ4n) is 1.66. The maximum atomic E-state index is 11.5. The average Bonchev–Trinajstić information content (AvgIpc) is 2.52. The first-order chi connectivity index (χ1) is 7.13. The van der Waals surface area contributed by atoms with Crippen molar-refractivity contribution in [2.75, 3.05) is 6.61 Å². The Balaban J connectivity index is 2.34. The van der Waals surface area contributed by atoms with E-state index in [0.717, 1.165) is 17.5 Å². The van der Waals surface area contributed by atoms with Crippen LogP contribution in [0.5, 0.6) is 0 Å². The molecule has 0 atom stereocenters. The highest BCUT2D eigenvalue weighted by Gasteiger charge is 2.19. The second kappa shape index (κ2) is 3.79. The van der Waals surface area contributed by atoms with Crippen molar-refractivity contribution >= 4 is 15.9 Å². The van der Waals surface area contributed by atoms with Gasteiger partial charge in [0.1, 0.15) is 0 Å². The van der Waals surface area contributed by atoms with Gasteiger partial charge in [0, 0.05) is 12.0 Å². The number of hydrogen-bond donors (Lipinski definition) is 1. The summed E-state index contributed by atoms with van der Waals surface area (Å²) in [6.07, 6.45) is 3.10. The van der Waals surface area contributed by atoms with E-state index in [0.29, 0.717) is 11.3 Å². The largest absolute Gasteiger partial charge is 0.396 e. The third kappa shape index (κ3) is 1.96. The Morgan fingerprint density at radius 3 is 2.80 bits per heavy atom. The van der Waals surface area contributed by atoms with Crippen LogP contribution in [0.3, 0.4) is 0 Å². The molecular formula is C11H12O3S. The van der Waals surface area contributed by atoms with Crippen LogP contribution in [-0.2, 0) is 16.3 Å². The molecule has 1 N–H and O–H groups in total. The van der Waals surface area contributed by atoms with Gasteiger partial charge in [0.05, 0.1) is 4.90 Å². The summed E-state index contributed by atoms with van der Waals surface area (Å²) in [5.74, 6) is 0. The predicted molar refractivity (Wildman–Crippen MR) is 58.1 cm³/mol. The van der Waals surface area contributed by atoms with Crippen molar-refractivity contribution in [3.05, 3.63) is 34.7 Å². The third-order valence-corrected chi connectivity index (χ3v) is 3.91. The molecule has 80 valence electrons. The normalized spacial score (nSPS) is 16.6. The summed E-state index contributed by atoms with van der Waals surface area (Å²) in [6.45, 7) is 0.158. The van der Waals surface area contributed by atoms with E-state index in [1.54, 1.807) is 18.2 Å². The van der Waals surface area contributed by atoms with Crippen LogP contribution < -0.4 is 0 Å². The van der Waals surface area contributed by atoms with Crippen LogP contribution in [0.4, 0.5) is 0 Å². The Labute approximate surface area is 89.0 Å². The number of aliphatic hydroxyl groups is 1. The molecule has 1 aromatic rings. The van der Waals surface area contributed by atoms with Gasteiger partial charge in [-0.2, -0.15) is 0 Å². The van der Waals surface area contributed by atoms with Gasteiger partial charge in [-0.05, 0) is 36.1 Å². The molecule has 0 radical (unpaired) electrons. The van der Waals surface area contributed by atoms with Gasteiger partial charge in [-0.3, -0.25) is 0 Å². The Hall–Kier alpha value is -1.13. The minimum absolute atomic E-state index is 0.158. The number of sulfone groups is 1. The van der Waals surface area contributed by atoms with Gasteiger partial charge in [-0.15, -0.1) is 0 Å². The first-order valence-corrected chi connectivity index (χ1v) is 6.35. The lowest BCUT2D eigenvalue weighted by molar-refractivity contribution is 0.288. The van der Waals surface area contributed by atoms with Crippen LogP contribution in [-0.4, -0.2) is 20.1 Å². The first-order valence-electron chi connectivity index (χ1n) is 4.80. The van der Waals surface area contributed by atoms with E-state index in [1.807, 2.05) is 6.07 Å². The number of hydrogen-bond acceptors (Lipinski definition) is 3. The van der Waals surface area contributed by atoms with Crippen LogP contribution in [0.2, 0.25) is 0 Å². The molecule has 0 unspecified atom stereocenters. The fraction of sp³-hybridized carbons (Fsp3) is 0.273. The molecule has 0 saturated heterocycles. The summed E-state index contributed by atoms with van der Waals surface area (Å²) in [5, 5.41) is 9.92. The Morgan fingerprint density at radius 1 is 1.27 bits per heavy atom. The van der Waals surface area contributed by atoms with Crippen LogP contribution in [0.15, 0.2) is 28.5 Å². The molecular weight excluding hydrogens is 212 g/mol. The lowest BCUT2D eigenvalue weighted by atomic mass is 10.1. The van der Waals surface area contributed by atoms with Crippen molar-refractivity contribution in [2.24, 2.45) is 0 Å². The number of aliphatic hydroxyl groups excluding tert-OH is 1. The quantitative estimate of drug-likeness (QED) is 0.843. The van der Waals surface area contributed by atoms with Crippen LogP contribution in [0.25, 0.3) is 6.08 Å². The van der Waals surface area contributed by atoms with Gasteiger partial charge in [0.25, 0.3) is 0 Å². The van der Waals surface area contributed by atoms with E-state index >= 15 is 0 Å². The topological polar surface area (TPSA) is 54.4 Å². The number of aryl methyl sites for hydroxylation is 1. The molecule has 4 heteroatoms. The molecule has 0 fully saturated rings. The minimum atomic E-state index is -3.17. The number of rotatable bonds is 3. The van der Waals surface area contributed by atoms with Crippen LogP contribution in [0, 0.1) is 0 Å². The average molecular weight is 224 g/mol. The highest BCUT2D eigenvalue weighted by molar-refractivity contribution is 7.94. The lowest BCUT2D eigenvalue weighted by Crippen LogP contribution is -1.95. The molecule has 1 aliphatic rings. The summed E-state index contributed by atoms with van der Waals surface area (Å²) < 4.78 is 22.9. The summed E-state index contributed by atoms with van der Waals surface area (Å²) in [7, 11) is -3.17. The van der Waals surface area contributed by atoms with E-state index in [2.05, 4.69) is 0 Å². The Kier molecular flexibility index (Phi) is 2.63. The van der Waals surface area contributed by atoms with Crippen molar-refractivity contribution in [3.63, 3.8) is 0 Å². The third-order valence-electron chi connectivity index (χ3n) is 2.43. The molecule has 1 aromatic carbocycles. The zero-order chi connectivity index (χ0) is 10.9. The molecule has 0 aliphatic carbocycles. The Bertz CT molecular complexity index is 501.